The molecule has 17 nitrogen and oxygen atoms in total. The van der Waals surface area contributed by atoms with E-state index in [4.69, 9.17) is 20.3 Å². The number of carbonyl (C=O) groups excluding carboxylic acids is 3. The number of imide groups is 1. The normalized spacial score (nSPS) is 18.0. The molecule has 4 fully saturated rings. The van der Waals surface area contributed by atoms with Crippen LogP contribution in [0.3, 0.4) is 0 Å². The summed E-state index contributed by atoms with van der Waals surface area (Å²) in [6, 6.07) is 7.47. The van der Waals surface area contributed by atoms with Crippen molar-refractivity contribution in [1.82, 2.24) is 54.8 Å². The van der Waals surface area contributed by atoms with Crippen LogP contribution in [0.25, 0.3) is 44.6 Å². The van der Waals surface area contributed by atoms with E-state index in [0.29, 0.717) is 68.8 Å². The van der Waals surface area contributed by atoms with Gasteiger partial charge < -0.3 is 20.1 Å². The molecule has 0 unspecified atom stereocenters. The number of benzene rings is 1. The fraction of sp³-hybridized carbons (Fsp3) is 0.531. The molecule has 5 aromatic heterocycles. The van der Waals surface area contributed by atoms with Crippen molar-refractivity contribution in [3.63, 3.8) is 0 Å². The lowest BCUT2D eigenvalue weighted by Gasteiger charge is -2.32. The largest absolute Gasteiger partial charge is 0.383 e. The first-order chi connectivity index (χ1) is 32.5. The number of hydrogen-bond donors (Lipinski definition) is 2. The predicted octanol–water partition coefficient (Wildman–Crippen LogP) is 7.98. The maximum atomic E-state index is 16.0. The van der Waals surface area contributed by atoms with Gasteiger partial charge in [0.05, 0.1) is 16.6 Å². The number of carbonyl (C=O) groups is 3. The SMILES string of the molecule is CC(C)n1nc(-c2noc(C3CC3)c2-c2ccc(C3CCN(C(=O)CCCCCCCN4CCC(c5ccc6c(N7CCC(=O)NC7=O)nn(C)c6c5F)CC4)CC3)cn2)c2c(N)ncnc21. The van der Waals surface area contributed by atoms with Crippen LogP contribution in [0.2, 0.25) is 0 Å². The van der Waals surface area contributed by atoms with Gasteiger partial charge in [-0.15, -0.1) is 0 Å². The predicted molar refractivity (Wildman–Crippen MR) is 252 cm³/mol. The summed E-state index contributed by atoms with van der Waals surface area (Å²) >= 11 is 0. The van der Waals surface area contributed by atoms with Gasteiger partial charge in [0, 0.05) is 63.1 Å². The Kier molecular flexibility index (Phi) is 12.5. The van der Waals surface area contributed by atoms with Gasteiger partial charge >= 0.3 is 6.03 Å². The zero-order valence-electron chi connectivity index (χ0n) is 38.7. The zero-order valence-corrected chi connectivity index (χ0v) is 38.7. The number of anilines is 2. The molecule has 0 spiro atoms. The molecule has 1 saturated carbocycles. The number of fused-ring (bicyclic) bond motifs is 2. The number of nitrogens with zero attached hydrogens (tertiary/aromatic N) is 11. The summed E-state index contributed by atoms with van der Waals surface area (Å²) in [7, 11) is 1.69. The van der Waals surface area contributed by atoms with Gasteiger partial charge in [-0.3, -0.25) is 29.5 Å². The number of piperidine rings is 2. The number of nitrogens with two attached hydrogens (primary N) is 1. The maximum Gasteiger partial charge on any atom is 0.329 e. The van der Waals surface area contributed by atoms with Crippen LogP contribution >= 0.6 is 0 Å². The van der Waals surface area contributed by atoms with Crippen LogP contribution in [0.4, 0.5) is 20.8 Å². The van der Waals surface area contributed by atoms with Gasteiger partial charge in [0.15, 0.2) is 17.3 Å². The number of unbranched alkanes of at least 4 members (excludes halogenated alkanes) is 4. The number of aryl methyl sites for hydroxylation is 1. The second-order valence-electron chi connectivity index (χ2n) is 19.2. The van der Waals surface area contributed by atoms with Gasteiger partial charge in [-0.25, -0.2) is 23.8 Å². The molecule has 1 aliphatic carbocycles. The van der Waals surface area contributed by atoms with Crippen molar-refractivity contribution in [2.45, 2.75) is 121 Å². The summed E-state index contributed by atoms with van der Waals surface area (Å²) in [5.74, 6) is 1.97. The van der Waals surface area contributed by atoms with Crippen molar-refractivity contribution in [1.29, 1.82) is 0 Å². The van der Waals surface area contributed by atoms with Gasteiger partial charge in [0.2, 0.25) is 11.8 Å². The maximum absolute atomic E-state index is 16.0. The van der Waals surface area contributed by atoms with Crippen LogP contribution in [0.5, 0.6) is 0 Å². The van der Waals surface area contributed by atoms with Crippen LogP contribution in [-0.2, 0) is 16.6 Å². The number of pyridine rings is 1. The first kappa shape index (κ1) is 44.5. The van der Waals surface area contributed by atoms with Gasteiger partial charge in [-0.1, -0.05) is 36.6 Å². The minimum atomic E-state index is -0.530. The molecule has 4 aliphatic rings. The average Bonchev–Trinajstić information content (AvgIpc) is 3.81. The average molecular weight is 914 g/mol. The molecule has 0 atom stereocenters. The second-order valence-corrected chi connectivity index (χ2v) is 19.2. The summed E-state index contributed by atoms with van der Waals surface area (Å²) in [6.45, 7) is 8.71. The van der Waals surface area contributed by atoms with Gasteiger partial charge in [-0.05, 0) is 120 Å². The van der Waals surface area contributed by atoms with Gasteiger partial charge in [0.1, 0.15) is 34.8 Å². The Labute approximate surface area is 388 Å². The second kappa shape index (κ2) is 18.8. The first-order valence-corrected chi connectivity index (χ1v) is 24.3. The Hall–Kier alpha value is -6.30. The van der Waals surface area contributed by atoms with E-state index in [9.17, 15) is 14.4 Å². The van der Waals surface area contributed by atoms with Crippen molar-refractivity contribution >= 4 is 51.4 Å². The number of urea groups is 1. The fourth-order valence-electron chi connectivity index (χ4n) is 10.5. The van der Waals surface area contributed by atoms with Gasteiger partial charge in [-0.2, -0.15) is 10.2 Å². The third-order valence-corrected chi connectivity index (χ3v) is 14.4. The molecule has 0 radical (unpaired) electrons. The Morgan fingerprint density at radius 2 is 1.63 bits per heavy atom. The number of likely N-dealkylation sites (tertiary alicyclic amines) is 2. The Bertz CT molecular complexity index is 2800. The van der Waals surface area contributed by atoms with Crippen LogP contribution in [-0.4, -0.2) is 107 Å². The number of aromatic nitrogens is 8. The molecule has 1 aromatic carbocycles. The summed E-state index contributed by atoms with van der Waals surface area (Å²) in [6.07, 6.45) is 15.2. The summed E-state index contributed by atoms with van der Waals surface area (Å²) in [4.78, 5) is 57.1. The zero-order chi connectivity index (χ0) is 46.3. The lowest BCUT2D eigenvalue weighted by molar-refractivity contribution is -0.132. The minimum absolute atomic E-state index is 0.0543. The highest BCUT2D eigenvalue weighted by Crippen LogP contribution is 2.48. The highest BCUT2D eigenvalue weighted by molar-refractivity contribution is 6.09. The van der Waals surface area contributed by atoms with Crippen molar-refractivity contribution in [2.24, 2.45) is 7.05 Å². The first-order valence-electron chi connectivity index (χ1n) is 24.3. The molecule has 352 valence electrons. The molecule has 6 aromatic rings. The van der Waals surface area contributed by atoms with Crippen LogP contribution in [0, 0.1) is 5.82 Å². The Morgan fingerprint density at radius 3 is 2.36 bits per heavy atom. The van der Waals surface area contributed by atoms with E-state index >= 15 is 4.39 Å². The van der Waals surface area contributed by atoms with E-state index in [1.807, 2.05) is 27.9 Å². The monoisotopic (exact) mass is 913 g/mol. The number of nitrogen functional groups attached to an aromatic ring is 1. The molecule has 8 heterocycles. The highest BCUT2D eigenvalue weighted by Gasteiger charge is 2.36. The molecule has 67 heavy (non-hydrogen) atoms. The molecule has 0 bridgehead atoms. The van der Waals surface area contributed by atoms with E-state index < -0.39 is 6.03 Å². The van der Waals surface area contributed by atoms with Crippen LogP contribution < -0.4 is 16.0 Å². The number of amides is 4. The number of halogens is 1. The van der Waals surface area contributed by atoms with E-state index in [1.165, 1.54) is 21.5 Å². The molecular weight excluding hydrogens is 854 g/mol. The smallest absolute Gasteiger partial charge is 0.329 e. The van der Waals surface area contributed by atoms with Crippen molar-refractivity contribution in [3.8, 4) is 22.6 Å². The number of nitrogens with one attached hydrogen (secondary N) is 1. The molecule has 10 rings (SSSR count). The molecule has 18 heteroatoms. The third-order valence-electron chi connectivity index (χ3n) is 14.4. The molecule has 3 N–H and O–H groups in total. The van der Waals surface area contributed by atoms with E-state index in [1.54, 1.807) is 7.05 Å². The topological polar surface area (TPSA) is 199 Å². The van der Waals surface area contributed by atoms with Crippen molar-refractivity contribution in [3.05, 3.63) is 59.5 Å². The minimum Gasteiger partial charge on any atom is -0.383 e. The summed E-state index contributed by atoms with van der Waals surface area (Å²) < 4.78 is 25.4. The summed E-state index contributed by atoms with van der Waals surface area (Å²) in [5.41, 5.74) is 12.2. The summed E-state index contributed by atoms with van der Waals surface area (Å²) in [5, 5.41) is 17.5. The standard InChI is InChI=1S/C49H60FN13O4/c1-29(2)63-48-40(46(51)53-28-54-48)42(56-63)43-39(45(67-58-43)32-10-11-32)36-15-12-33(27-52-36)30-18-24-61(25-19-30)38(65)9-7-5-4-6-8-21-60-22-16-31(17-23-60)34-13-14-35-44(41(34)50)59(3)57-47(35)62-26-20-37(64)55-49(62)66/h12-15,27-32H,4-11,16-26H2,1-3H3,(H2,51,53,54)(H,55,64,66). The molecule has 4 amide bonds. The van der Waals surface area contributed by atoms with E-state index in [-0.39, 0.29) is 42.6 Å². The van der Waals surface area contributed by atoms with Crippen LogP contribution in [0.1, 0.15) is 138 Å². The quantitative estimate of drug-likeness (QED) is 0.0943. The lowest BCUT2D eigenvalue weighted by atomic mass is 9.88. The molecular formula is C49H60FN13O4. The van der Waals surface area contributed by atoms with Crippen molar-refractivity contribution < 1.29 is 23.3 Å². The Morgan fingerprint density at radius 1 is 0.866 bits per heavy atom. The highest BCUT2D eigenvalue weighted by atomic mass is 19.1. The number of rotatable bonds is 15. The Balaban J connectivity index is 0.650. The molecule has 3 aliphatic heterocycles. The third kappa shape index (κ3) is 8.87. The van der Waals surface area contributed by atoms with E-state index in [0.717, 1.165) is 120 Å². The van der Waals surface area contributed by atoms with Gasteiger partial charge in [0.25, 0.3) is 0 Å². The fourth-order valence-corrected chi connectivity index (χ4v) is 10.5. The van der Waals surface area contributed by atoms with Crippen molar-refractivity contribution in [2.75, 3.05) is 49.9 Å². The molecule has 3 saturated heterocycles. The van der Waals surface area contributed by atoms with Crippen LogP contribution in [0.15, 0.2) is 41.3 Å². The lowest BCUT2D eigenvalue weighted by Crippen LogP contribution is -2.49. The van der Waals surface area contributed by atoms with E-state index in [2.05, 4.69) is 56.4 Å². The number of hydrogen-bond acceptors (Lipinski definition) is 12.